The lowest BCUT2D eigenvalue weighted by Crippen LogP contribution is -2.35. The minimum absolute atomic E-state index is 0.628. The molecule has 0 spiro atoms. The molecule has 3 rings (SSSR count). The van der Waals surface area contributed by atoms with E-state index >= 15 is 0 Å². The fourth-order valence-corrected chi connectivity index (χ4v) is 2.70. The van der Waals surface area contributed by atoms with Crippen molar-refractivity contribution in [1.82, 2.24) is 15.3 Å². The number of hydrogen-bond acceptors (Lipinski definition) is 2. The smallest absolute Gasteiger partial charge is 0.0921 e. The van der Waals surface area contributed by atoms with E-state index in [4.69, 9.17) is 0 Å². The van der Waals surface area contributed by atoms with Gasteiger partial charge in [0, 0.05) is 30.9 Å². The van der Waals surface area contributed by atoms with Crippen molar-refractivity contribution in [2.75, 3.05) is 6.54 Å². The molecule has 0 amide bonds. The maximum Gasteiger partial charge on any atom is 0.0921 e. The largest absolute Gasteiger partial charge is 0.348 e. The molecule has 18 heavy (non-hydrogen) atoms. The first kappa shape index (κ1) is 11.5. The van der Waals surface area contributed by atoms with Gasteiger partial charge < -0.3 is 10.3 Å². The Labute approximate surface area is 108 Å². The third-order valence-corrected chi connectivity index (χ3v) is 3.73. The van der Waals surface area contributed by atoms with Crippen molar-refractivity contribution in [1.29, 1.82) is 0 Å². The molecule has 3 nitrogen and oxygen atoms in total. The monoisotopic (exact) mass is 241 g/mol. The van der Waals surface area contributed by atoms with Crippen molar-refractivity contribution in [3.8, 4) is 0 Å². The number of benzene rings is 1. The molecule has 1 heterocycles. The zero-order valence-electron chi connectivity index (χ0n) is 10.5. The number of aromatic amines is 1. The summed E-state index contributed by atoms with van der Waals surface area (Å²) in [6, 6.07) is 9.44. The molecule has 0 radical (unpaired) electrons. The lowest BCUT2D eigenvalue weighted by atomic mass is 9.88. The van der Waals surface area contributed by atoms with Gasteiger partial charge in [-0.25, -0.2) is 4.98 Å². The van der Waals surface area contributed by atoms with Crippen LogP contribution in [0, 0.1) is 0 Å². The first-order valence-electron chi connectivity index (χ1n) is 6.69. The Morgan fingerprint density at radius 3 is 3.00 bits per heavy atom. The molecule has 0 bridgehead atoms. The molecule has 3 heteroatoms. The molecule has 0 saturated heterocycles. The number of imidazole rings is 1. The molecule has 94 valence electrons. The predicted molar refractivity (Wildman–Crippen MR) is 72.5 cm³/mol. The van der Waals surface area contributed by atoms with Gasteiger partial charge >= 0.3 is 0 Å². The van der Waals surface area contributed by atoms with Gasteiger partial charge in [-0.05, 0) is 30.4 Å². The Morgan fingerprint density at radius 1 is 1.28 bits per heavy atom. The zero-order chi connectivity index (χ0) is 12.2. The Bertz CT molecular complexity index is 490. The molecule has 0 fully saturated rings. The van der Waals surface area contributed by atoms with Crippen molar-refractivity contribution in [3.63, 3.8) is 0 Å². The van der Waals surface area contributed by atoms with E-state index in [9.17, 15) is 0 Å². The number of aromatic nitrogens is 2. The highest BCUT2D eigenvalue weighted by molar-refractivity contribution is 5.30. The second-order valence-corrected chi connectivity index (χ2v) is 4.99. The highest BCUT2D eigenvalue weighted by Gasteiger charge is 2.17. The summed E-state index contributed by atoms with van der Waals surface area (Å²) < 4.78 is 0. The van der Waals surface area contributed by atoms with E-state index in [1.807, 2.05) is 6.20 Å². The van der Waals surface area contributed by atoms with Crippen LogP contribution in [0.3, 0.4) is 0 Å². The molecule has 2 aromatic rings. The summed E-state index contributed by atoms with van der Waals surface area (Å²) in [4.78, 5) is 7.17. The van der Waals surface area contributed by atoms with E-state index in [2.05, 4.69) is 39.6 Å². The highest BCUT2D eigenvalue weighted by atomic mass is 14.9. The maximum absolute atomic E-state index is 4.03. The minimum atomic E-state index is 0.628. The quantitative estimate of drug-likeness (QED) is 0.860. The van der Waals surface area contributed by atoms with Crippen molar-refractivity contribution in [2.24, 2.45) is 0 Å². The van der Waals surface area contributed by atoms with Gasteiger partial charge in [-0.2, -0.15) is 0 Å². The SMILES string of the molecule is c1ccc2c(c1)CC[C@@H](NCCc1cnc[nH]1)C2. The molecular weight excluding hydrogens is 222 g/mol. The molecule has 0 unspecified atom stereocenters. The molecular formula is C15H19N3. The lowest BCUT2D eigenvalue weighted by molar-refractivity contribution is 0.461. The van der Waals surface area contributed by atoms with Gasteiger partial charge in [0.05, 0.1) is 6.33 Å². The molecule has 1 aromatic heterocycles. The van der Waals surface area contributed by atoms with Gasteiger partial charge in [0.25, 0.3) is 0 Å². The Morgan fingerprint density at radius 2 is 2.17 bits per heavy atom. The van der Waals surface area contributed by atoms with Crippen LogP contribution in [0.1, 0.15) is 23.2 Å². The highest BCUT2D eigenvalue weighted by Crippen LogP contribution is 2.20. The lowest BCUT2D eigenvalue weighted by Gasteiger charge is -2.25. The van der Waals surface area contributed by atoms with E-state index in [-0.39, 0.29) is 0 Å². The number of H-pyrrole nitrogens is 1. The van der Waals surface area contributed by atoms with Crippen molar-refractivity contribution >= 4 is 0 Å². The Kier molecular flexibility index (Phi) is 3.42. The third kappa shape index (κ3) is 2.62. The summed E-state index contributed by atoms with van der Waals surface area (Å²) in [7, 11) is 0. The van der Waals surface area contributed by atoms with Crippen LogP contribution in [-0.2, 0) is 19.3 Å². The van der Waals surface area contributed by atoms with Gasteiger partial charge in [-0.1, -0.05) is 24.3 Å². The number of hydrogen-bond donors (Lipinski definition) is 2. The van der Waals surface area contributed by atoms with E-state index in [0.717, 1.165) is 13.0 Å². The number of aryl methyl sites for hydroxylation is 1. The van der Waals surface area contributed by atoms with Gasteiger partial charge in [-0.15, -0.1) is 0 Å². The maximum atomic E-state index is 4.03. The van der Waals surface area contributed by atoms with Crippen LogP contribution < -0.4 is 5.32 Å². The summed E-state index contributed by atoms with van der Waals surface area (Å²) >= 11 is 0. The minimum Gasteiger partial charge on any atom is -0.348 e. The molecule has 2 N–H and O–H groups in total. The van der Waals surface area contributed by atoms with E-state index in [1.54, 1.807) is 6.33 Å². The van der Waals surface area contributed by atoms with Crippen LogP contribution in [0.2, 0.25) is 0 Å². The number of fused-ring (bicyclic) bond motifs is 1. The second-order valence-electron chi connectivity index (χ2n) is 4.99. The van der Waals surface area contributed by atoms with Crippen LogP contribution in [0.25, 0.3) is 0 Å². The van der Waals surface area contributed by atoms with Gasteiger partial charge in [-0.3, -0.25) is 0 Å². The standard InChI is InChI=1S/C15H19N3/c1-2-4-13-9-14(6-5-12(13)3-1)17-8-7-15-10-16-11-18-15/h1-4,10-11,14,17H,5-9H2,(H,16,18)/t14-/m1/s1. The summed E-state index contributed by atoms with van der Waals surface area (Å²) in [5, 5.41) is 3.65. The summed E-state index contributed by atoms with van der Waals surface area (Å²) in [6.45, 7) is 1.02. The molecule has 1 atom stereocenters. The average Bonchev–Trinajstić information content (AvgIpc) is 2.92. The zero-order valence-corrected chi connectivity index (χ0v) is 10.5. The van der Waals surface area contributed by atoms with Gasteiger partial charge in [0.2, 0.25) is 0 Å². The van der Waals surface area contributed by atoms with Gasteiger partial charge in [0.15, 0.2) is 0 Å². The summed E-state index contributed by atoms with van der Waals surface area (Å²) in [5.74, 6) is 0. The molecule has 0 saturated carbocycles. The fourth-order valence-electron chi connectivity index (χ4n) is 2.70. The second kappa shape index (κ2) is 5.36. The van der Waals surface area contributed by atoms with Crippen LogP contribution in [0.15, 0.2) is 36.8 Å². The Balaban J connectivity index is 1.51. The number of nitrogens with zero attached hydrogens (tertiary/aromatic N) is 1. The van der Waals surface area contributed by atoms with E-state index < -0.39 is 0 Å². The molecule has 0 aliphatic heterocycles. The normalized spacial score (nSPS) is 18.6. The number of rotatable bonds is 4. The van der Waals surface area contributed by atoms with E-state index in [0.29, 0.717) is 6.04 Å². The first-order chi connectivity index (χ1) is 8.92. The van der Waals surface area contributed by atoms with Gasteiger partial charge in [0.1, 0.15) is 0 Å². The van der Waals surface area contributed by atoms with Crippen LogP contribution in [0.5, 0.6) is 0 Å². The average molecular weight is 241 g/mol. The predicted octanol–water partition coefficient (Wildman–Crippen LogP) is 2.10. The van der Waals surface area contributed by atoms with Crippen molar-refractivity contribution in [3.05, 3.63) is 53.6 Å². The van der Waals surface area contributed by atoms with Crippen molar-refractivity contribution < 1.29 is 0 Å². The van der Waals surface area contributed by atoms with Crippen molar-refractivity contribution in [2.45, 2.75) is 31.7 Å². The summed E-state index contributed by atoms with van der Waals surface area (Å²) in [5.41, 5.74) is 4.26. The third-order valence-electron chi connectivity index (χ3n) is 3.73. The molecule has 1 aliphatic rings. The van der Waals surface area contributed by atoms with E-state index in [1.165, 1.54) is 36.1 Å². The fraction of sp³-hybridized carbons (Fsp3) is 0.400. The molecule has 1 aliphatic carbocycles. The van der Waals surface area contributed by atoms with Crippen LogP contribution >= 0.6 is 0 Å². The Hall–Kier alpha value is -1.61. The topological polar surface area (TPSA) is 40.7 Å². The summed E-state index contributed by atoms with van der Waals surface area (Å²) in [6.07, 6.45) is 8.29. The van der Waals surface area contributed by atoms with Crippen LogP contribution in [0.4, 0.5) is 0 Å². The molecule has 1 aromatic carbocycles. The number of nitrogens with one attached hydrogen (secondary N) is 2. The first-order valence-corrected chi connectivity index (χ1v) is 6.69. The van der Waals surface area contributed by atoms with Crippen LogP contribution in [-0.4, -0.2) is 22.6 Å².